The Morgan fingerprint density at radius 2 is 1.68 bits per heavy atom. The van der Waals surface area contributed by atoms with E-state index in [1.54, 1.807) is 37.7 Å². The fourth-order valence-electron chi connectivity index (χ4n) is 2.50. The van der Waals surface area contributed by atoms with Gasteiger partial charge >= 0.3 is 0 Å². The van der Waals surface area contributed by atoms with Crippen molar-refractivity contribution in [3.8, 4) is 34.8 Å². The van der Waals surface area contributed by atoms with Crippen molar-refractivity contribution in [3.63, 3.8) is 0 Å². The molecule has 0 bridgehead atoms. The summed E-state index contributed by atoms with van der Waals surface area (Å²) < 4.78 is 17.1. The number of para-hydroxylation sites is 2. The number of benzene rings is 1. The molecule has 3 rings (SSSR count). The Hall–Kier alpha value is -3.26. The van der Waals surface area contributed by atoms with Crippen LogP contribution >= 0.6 is 0 Å². The fourth-order valence-corrected chi connectivity index (χ4v) is 2.50. The van der Waals surface area contributed by atoms with Crippen LogP contribution in [-0.4, -0.2) is 45.4 Å². The topological polar surface area (TPSA) is 99.5 Å². The van der Waals surface area contributed by atoms with E-state index in [1.807, 2.05) is 26.0 Å². The minimum atomic E-state index is -0.160. The average molecular weight is 382 g/mol. The van der Waals surface area contributed by atoms with Gasteiger partial charge in [-0.2, -0.15) is 4.98 Å². The van der Waals surface area contributed by atoms with Crippen LogP contribution in [0.25, 0.3) is 11.6 Å². The molecule has 3 aromatic rings. The van der Waals surface area contributed by atoms with Crippen molar-refractivity contribution in [1.29, 1.82) is 0 Å². The highest BCUT2D eigenvalue weighted by Gasteiger charge is 2.23. The molecule has 0 radical (unpaired) electrons. The van der Waals surface area contributed by atoms with Crippen molar-refractivity contribution in [2.75, 3.05) is 20.3 Å². The Kier molecular flexibility index (Phi) is 6.33. The Morgan fingerprint density at radius 1 is 0.964 bits per heavy atom. The number of aliphatic hydroxyl groups excluding tert-OH is 1. The van der Waals surface area contributed by atoms with Crippen molar-refractivity contribution < 1.29 is 19.3 Å². The predicted molar refractivity (Wildman–Crippen MR) is 103 cm³/mol. The lowest BCUT2D eigenvalue weighted by Crippen LogP contribution is -2.10. The third kappa shape index (κ3) is 4.34. The van der Waals surface area contributed by atoms with Gasteiger partial charge in [0.1, 0.15) is 6.61 Å². The van der Waals surface area contributed by atoms with Crippen LogP contribution in [0.2, 0.25) is 0 Å². The van der Waals surface area contributed by atoms with Gasteiger partial charge in [0, 0.05) is 12.4 Å². The number of ether oxygens (including phenoxy) is 3. The molecule has 8 heteroatoms. The van der Waals surface area contributed by atoms with Crippen LogP contribution in [0, 0.1) is 0 Å². The van der Waals surface area contributed by atoms with Crippen LogP contribution < -0.4 is 14.2 Å². The minimum absolute atomic E-state index is 0.00615. The zero-order valence-electron chi connectivity index (χ0n) is 16.0. The molecule has 2 aromatic heterocycles. The molecule has 0 aliphatic rings. The number of aliphatic hydroxyl groups is 1. The first kappa shape index (κ1) is 19.5. The Balaban J connectivity index is 2.13. The van der Waals surface area contributed by atoms with E-state index in [1.165, 1.54) is 0 Å². The molecule has 1 N–H and O–H groups in total. The second-order valence-corrected chi connectivity index (χ2v) is 6.12. The summed E-state index contributed by atoms with van der Waals surface area (Å²) in [4.78, 5) is 17.5. The molecule has 0 aliphatic carbocycles. The highest BCUT2D eigenvalue weighted by atomic mass is 16.5. The number of rotatable bonds is 8. The van der Waals surface area contributed by atoms with Gasteiger partial charge in [0.25, 0.3) is 5.88 Å². The maximum absolute atomic E-state index is 9.20. The number of hydrogen-bond donors (Lipinski definition) is 1. The van der Waals surface area contributed by atoms with E-state index < -0.39 is 0 Å². The van der Waals surface area contributed by atoms with E-state index in [4.69, 9.17) is 14.2 Å². The van der Waals surface area contributed by atoms with Gasteiger partial charge in [0.15, 0.2) is 17.3 Å². The van der Waals surface area contributed by atoms with Crippen molar-refractivity contribution >= 4 is 0 Å². The van der Waals surface area contributed by atoms with Crippen LogP contribution in [0.3, 0.4) is 0 Å². The molecular formula is C20H22N4O4. The van der Waals surface area contributed by atoms with Crippen LogP contribution in [0.15, 0.2) is 42.7 Å². The average Bonchev–Trinajstić information content (AvgIpc) is 2.73. The smallest absolute Gasteiger partial charge is 0.261 e. The normalized spacial score (nSPS) is 10.8. The molecule has 0 atom stereocenters. The number of aromatic nitrogens is 4. The summed E-state index contributed by atoms with van der Waals surface area (Å²) in [6, 6.07) is 8.99. The summed E-state index contributed by atoms with van der Waals surface area (Å²) in [5.74, 6) is 2.36. The third-order valence-electron chi connectivity index (χ3n) is 3.78. The zero-order chi connectivity index (χ0) is 19.9. The minimum Gasteiger partial charge on any atom is -0.493 e. The molecule has 0 saturated carbocycles. The fraction of sp³-hybridized carbons (Fsp3) is 0.300. The molecule has 146 valence electrons. The molecule has 0 spiro atoms. The first-order valence-electron chi connectivity index (χ1n) is 8.88. The molecule has 0 unspecified atom stereocenters. The van der Waals surface area contributed by atoms with E-state index in [9.17, 15) is 5.11 Å². The summed E-state index contributed by atoms with van der Waals surface area (Å²) in [5, 5.41) is 9.20. The van der Waals surface area contributed by atoms with Gasteiger partial charge in [-0.3, -0.25) is 0 Å². The summed E-state index contributed by atoms with van der Waals surface area (Å²) in [6.07, 6.45) is 3.24. The second-order valence-electron chi connectivity index (χ2n) is 6.12. The van der Waals surface area contributed by atoms with Crippen molar-refractivity contribution in [3.05, 3.63) is 48.4 Å². The van der Waals surface area contributed by atoms with Crippen molar-refractivity contribution in [2.24, 2.45) is 0 Å². The quantitative estimate of drug-likeness (QED) is 0.634. The monoisotopic (exact) mass is 382 g/mol. The summed E-state index contributed by atoms with van der Waals surface area (Å²) in [5.41, 5.74) is 0.635. The molecule has 0 fully saturated rings. The molecule has 8 nitrogen and oxygen atoms in total. The summed E-state index contributed by atoms with van der Waals surface area (Å²) in [7, 11) is 1.57. The van der Waals surface area contributed by atoms with Gasteiger partial charge in [-0.15, -0.1) is 0 Å². The first-order valence-corrected chi connectivity index (χ1v) is 8.88. The van der Waals surface area contributed by atoms with Gasteiger partial charge in [0.05, 0.1) is 19.4 Å². The Labute approximate surface area is 163 Å². The molecule has 2 heterocycles. The third-order valence-corrected chi connectivity index (χ3v) is 3.78. The Bertz CT molecular complexity index is 919. The lowest BCUT2D eigenvalue weighted by atomic mass is 10.1. The largest absolute Gasteiger partial charge is 0.493 e. The van der Waals surface area contributed by atoms with E-state index in [0.29, 0.717) is 34.6 Å². The number of methoxy groups -OCH3 is 1. The number of nitrogens with zero attached hydrogens (tertiary/aromatic N) is 4. The predicted octanol–water partition coefficient (Wildman–Crippen LogP) is 3.23. The van der Waals surface area contributed by atoms with E-state index in [-0.39, 0.29) is 25.0 Å². The molecule has 1 aromatic carbocycles. The molecule has 0 saturated heterocycles. The summed E-state index contributed by atoms with van der Waals surface area (Å²) >= 11 is 0. The van der Waals surface area contributed by atoms with Gasteiger partial charge in [-0.1, -0.05) is 26.0 Å². The Morgan fingerprint density at radius 3 is 2.32 bits per heavy atom. The molecule has 0 amide bonds. The maximum Gasteiger partial charge on any atom is 0.261 e. The van der Waals surface area contributed by atoms with Crippen molar-refractivity contribution in [2.45, 2.75) is 19.8 Å². The highest BCUT2D eigenvalue weighted by molar-refractivity contribution is 5.53. The first-order chi connectivity index (χ1) is 13.6. The van der Waals surface area contributed by atoms with Crippen LogP contribution in [0.1, 0.15) is 25.5 Å². The van der Waals surface area contributed by atoms with Crippen LogP contribution in [0.4, 0.5) is 0 Å². The SMILES string of the molecule is COc1ccccc1Oc1c(OCCO)nc(-c2ncccn2)nc1C(C)C. The van der Waals surface area contributed by atoms with Crippen molar-refractivity contribution in [1.82, 2.24) is 19.9 Å². The second kappa shape index (κ2) is 9.09. The van der Waals surface area contributed by atoms with Gasteiger partial charge in [-0.05, 0) is 24.1 Å². The standard InChI is InChI=1S/C20H22N4O4/c1-13(2)16-17(28-15-8-5-4-7-14(15)26-3)20(27-12-11-25)24-19(23-16)18-21-9-6-10-22-18/h4-10,13,25H,11-12H2,1-3H3. The molecule has 0 aliphatic heterocycles. The molecular weight excluding hydrogens is 360 g/mol. The lowest BCUT2D eigenvalue weighted by molar-refractivity contribution is 0.192. The maximum atomic E-state index is 9.20. The summed E-state index contributed by atoms with van der Waals surface area (Å²) in [6.45, 7) is 3.88. The van der Waals surface area contributed by atoms with Crippen LogP contribution in [-0.2, 0) is 0 Å². The van der Waals surface area contributed by atoms with E-state index in [2.05, 4.69) is 19.9 Å². The number of hydrogen-bond acceptors (Lipinski definition) is 8. The van der Waals surface area contributed by atoms with Crippen LogP contribution in [0.5, 0.6) is 23.1 Å². The van der Waals surface area contributed by atoms with Gasteiger partial charge < -0.3 is 19.3 Å². The zero-order valence-corrected chi connectivity index (χ0v) is 16.0. The van der Waals surface area contributed by atoms with E-state index >= 15 is 0 Å². The highest BCUT2D eigenvalue weighted by Crippen LogP contribution is 2.40. The molecule has 28 heavy (non-hydrogen) atoms. The van der Waals surface area contributed by atoms with E-state index in [0.717, 1.165) is 0 Å². The van der Waals surface area contributed by atoms with Gasteiger partial charge in [0.2, 0.25) is 11.6 Å². The lowest BCUT2D eigenvalue weighted by Gasteiger charge is -2.18. The van der Waals surface area contributed by atoms with Gasteiger partial charge in [-0.25, -0.2) is 15.0 Å².